The van der Waals surface area contributed by atoms with Gasteiger partial charge in [-0.1, -0.05) is 24.1 Å². The summed E-state index contributed by atoms with van der Waals surface area (Å²) in [5, 5.41) is 0.471. The molecule has 2 aliphatic heterocycles. The molecule has 2 heterocycles. The fraction of sp³-hybridized carbons (Fsp3) is 0.500. The van der Waals surface area contributed by atoms with Crippen LogP contribution in [0.2, 0.25) is 0 Å². The second-order valence-corrected chi connectivity index (χ2v) is 8.19. The summed E-state index contributed by atoms with van der Waals surface area (Å²) in [4.78, 5) is 56.6. The van der Waals surface area contributed by atoms with Gasteiger partial charge >= 0.3 is 12.1 Å². The molecule has 0 aliphatic carbocycles. The van der Waals surface area contributed by atoms with E-state index in [1.807, 2.05) is 6.92 Å². The van der Waals surface area contributed by atoms with Crippen LogP contribution < -0.4 is 0 Å². The van der Waals surface area contributed by atoms with Gasteiger partial charge in [0.25, 0.3) is 11.8 Å². The van der Waals surface area contributed by atoms with Crippen LogP contribution >= 0.6 is 0 Å². The van der Waals surface area contributed by atoms with Crippen LogP contribution in [-0.4, -0.2) is 52.0 Å². The van der Waals surface area contributed by atoms with Crippen LogP contribution in [0.1, 0.15) is 61.3 Å². The van der Waals surface area contributed by atoms with Crippen LogP contribution in [-0.2, 0) is 14.4 Å². The summed E-state index contributed by atoms with van der Waals surface area (Å²) in [7, 11) is 0. The van der Waals surface area contributed by atoms with Crippen molar-refractivity contribution >= 4 is 23.9 Å². The van der Waals surface area contributed by atoms with Gasteiger partial charge in [0.2, 0.25) is 0 Å². The van der Waals surface area contributed by atoms with E-state index in [0.717, 1.165) is 0 Å². The molecule has 1 aromatic carbocycles. The molecule has 8 nitrogen and oxygen atoms in total. The van der Waals surface area contributed by atoms with Crippen molar-refractivity contribution in [2.24, 2.45) is 5.92 Å². The molecule has 150 valence electrons. The Morgan fingerprint density at radius 1 is 1.04 bits per heavy atom. The number of benzene rings is 1. The molecule has 0 N–H and O–H groups in total. The van der Waals surface area contributed by atoms with Crippen LogP contribution in [0.5, 0.6) is 0 Å². The highest BCUT2D eigenvalue weighted by Gasteiger charge is 2.43. The third-order valence-electron chi connectivity index (χ3n) is 4.66. The van der Waals surface area contributed by atoms with E-state index >= 15 is 0 Å². The monoisotopic (exact) mass is 388 g/mol. The summed E-state index contributed by atoms with van der Waals surface area (Å²) in [6, 6.07) is 5.33. The van der Waals surface area contributed by atoms with E-state index < -0.39 is 35.5 Å². The first kappa shape index (κ1) is 19.9. The minimum atomic E-state index is -0.921. The first-order valence-corrected chi connectivity index (χ1v) is 9.27. The average molecular weight is 388 g/mol. The number of fused-ring (bicyclic) bond motifs is 1. The summed E-state index contributed by atoms with van der Waals surface area (Å²) in [5.41, 5.74) is -0.350. The molecular weight excluding hydrogens is 364 g/mol. The maximum Gasteiger partial charge on any atom is 0.411 e. The smallest absolute Gasteiger partial charge is 0.411 e. The molecule has 0 spiro atoms. The lowest BCUT2D eigenvalue weighted by atomic mass is 9.94. The van der Waals surface area contributed by atoms with Crippen molar-refractivity contribution in [3.8, 4) is 0 Å². The lowest BCUT2D eigenvalue weighted by molar-refractivity contribution is -0.176. The number of imide groups is 1. The Labute approximate surface area is 163 Å². The average Bonchev–Trinajstić information content (AvgIpc) is 2.85. The summed E-state index contributed by atoms with van der Waals surface area (Å²) in [6.07, 6.45) is 0.451. The molecule has 8 heteroatoms. The molecule has 2 atom stereocenters. The number of hydroxylamine groups is 2. The van der Waals surface area contributed by atoms with Crippen LogP contribution in [0.25, 0.3) is 0 Å². The predicted octanol–water partition coefficient (Wildman–Crippen LogP) is 2.78. The first-order chi connectivity index (χ1) is 13.1. The number of hydrogen-bond donors (Lipinski definition) is 0. The molecular formula is C20H24N2O6. The zero-order valence-electron chi connectivity index (χ0n) is 16.4. The number of piperidine rings is 1. The Kier molecular flexibility index (Phi) is 5.14. The maximum absolute atomic E-state index is 12.8. The molecule has 0 saturated carbocycles. The van der Waals surface area contributed by atoms with Crippen LogP contribution in [0.4, 0.5) is 4.79 Å². The summed E-state index contributed by atoms with van der Waals surface area (Å²) in [6.45, 7) is 7.53. The minimum Gasteiger partial charge on any atom is -0.444 e. The molecule has 1 fully saturated rings. The third kappa shape index (κ3) is 3.85. The normalized spacial score (nSPS) is 22.1. The molecule has 2 aliphatic rings. The summed E-state index contributed by atoms with van der Waals surface area (Å²) < 4.78 is 5.40. The van der Waals surface area contributed by atoms with Crippen molar-refractivity contribution in [1.29, 1.82) is 0 Å². The van der Waals surface area contributed by atoms with Gasteiger partial charge in [-0.3, -0.25) is 14.5 Å². The second kappa shape index (κ2) is 7.26. The van der Waals surface area contributed by atoms with Crippen molar-refractivity contribution in [3.63, 3.8) is 0 Å². The minimum absolute atomic E-state index is 0.182. The van der Waals surface area contributed by atoms with Crippen molar-refractivity contribution in [2.75, 3.05) is 6.54 Å². The van der Waals surface area contributed by atoms with Crippen LogP contribution in [0.3, 0.4) is 0 Å². The SMILES string of the molecule is C[C@@H]1CC[C@H](C(=O)ON2C(=O)c3ccccc3C2=O)N(C(=O)OC(C)(C)C)C1. The quantitative estimate of drug-likeness (QED) is 0.723. The van der Waals surface area contributed by atoms with Gasteiger partial charge in [0.05, 0.1) is 11.1 Å². The number of ether oxygens (including phenoxy) is 1. The number of rotatable bonds is 2. The van der Waals surface area contributed by atoms with Crippen molar-refractivity contribution in [3.05, 3.63) is 35.4 Å². The van der Waals surface area contributed by atoms with E-state index in [9.17, 15) is 19.2 Å². The maximum atomic E-state index is 12.8. The third-order valence-corrected chi connectivity index (χ3v) is 4.66. The van der Waals surface area contributed by atoms with Crippen molar-refractivity contribution < 1.29 is 28.8 Å². The largest absolute Gasteiger partial charge is 0.444 e. The number of carbonyl (C=O) groups excluding carboxylic acids is 4. The lowest BCUT2D eigenvalue weighted by Crippen LogP contribution is -2.53. The molecule has 28 heavy (non-hydrogen) atoms. The van der Waals surface area contributed by atoms with E-state index in [1.54, 1.807) is 32.9 Å². The topological polar surface area (TPSA) is 93.2 Å². The lowest BCUT2D eigenvalue weighted by Gasteiger charge is -2.37. The highest BCUT2D eigenvalue weighted by molar-refractivity contribution is 6.20. The Balaban J connectivity index is 1.76. The Bertz CT molecular complexity index is 793. The molecule has 1 saturated heterocycles. The molecule has 0 bridgehead atoms. The number of amides is 3. The van der Waals surface area contributed by atoms with Gasteiger partial charge in [-0.25, -0.2) is 9.59 Å². The van der Waals surface area contributed by atoms with Gasteiger partial charge in [-0.05, 0) is 51.7 Å². The van der Waals surface area contributed by atoms with Gasteiger partial charge in [0, 0.05) is 6.54 Å². The zero-order valence-corrected chi connectivity index (χ0v) is 16.4. The number of hydrogen-bond acceptors (Lipinski definition) is 6. The molecule has 3 amide bonds. The number of carbonyl (C=O) groups is 4. The Morgan fingerprint density at radius 2 is 1.61 bits per heavy atom. The van der Waals surface area contributed by atoms with E-state index in [-0.39, 0.29) is 17.0 Å². The van der Waals surface area contributed by atoms with Crippen molar-refractivity contribution in [2.45, 2.75) is 52.2 Å². The predicted molar refractivity (Wildman–Crippen MR) is 98.2 cm³/mol. The molecule has 0 unspecified atom stereocenters. The standard InChI is InChI=1S/C20H24N2O6/c1-12-9-10-15(21(11-12)19(26)27-20(2,3)4)18(25)28-22-16(23)13-7-5-6-8-14(13)17(22)24/h5-8,12,15H,9-11H2,1-4H3/t12-,15-/m1/s1. The summed E-state index contributed by atoms with van der Waals surface area (Å²) in [5.74, 6) is -2.02. The van der Waals surface area contributed by atoms with Crippen LogP contribution in [0, 0.1) is 5.92 Å². The molecule has 0 radical (unpaired) electrons. The number of nitrogens with zero attached hydrogens (tertiary/aromatic N) is 2. The van der Waals surface area contributed by atoms with E-state index in [2.05, 4.69) is 0 Å². The van der Waals surface area contributed by atoms with Gasteiger partial charge in [0.15, 0.2) is 0 Å². The van der Waals surface area contributed by atoms with Crippen molar-refractivity contribution in [1.82, 2.24) is 9.96 Å². The second-order valence-electron chi connectivity index (χ2n) is 8.19. The van der Waals surface area contributed by atoms with E-state index in [0.29, 0.717) is 24.4 Å². The van der Waals surface area contributed by atoms with E-state index in [1.165, 1.54) is 17.0 Å². The number of likely N-dealkylation sites (tertiary alicyclic amines) is 1. The fourth-order valence-electron chi connectivity index (χ4n) is 3.32. The molecule has 0 aromatic heterocycles. The molecule has 3 rings (SSSR count). The van der Waals surface area contributed by atoms with Crippen LogP contribution in [0.15, 0.2) is 24.3 Å². The Morgan fingerprint density at radius 3 is 2.14 bits per heavy atom. The highest BCUT2D eigenvalue weighted by atomic mass is 16.7. The van der Waals surface area contributed by atoms with Gasteiger partial charge in [-0.2, -0.15) is 0 Å². The zero-order chi connectivity index (χ0) is 20.6. The van der Waals surface area contributed by atoms with Gasteiger partial charge in [-0.15, -0.1) is 0 Å². The Hall–Kier alpha value is -2.90. The highest BCUT2D eigenvalue weighted by Crippen LogP contribution is 2.27. The van der Waals surface area contributed by atoms with Gasteiger partial charge < -0.3 is 9.57 Å². The fourth-order valence-corrected chi connectivity index (χ4v) is 3.32. The van der Waals surface area contributed by atoms with Gasteiger partial charge in [0.1, 0.15) is 11.6 Å². The van der Waals surface area contributed by atoms with E-state index in [4.69, 9.17) is 9.57 Å². The summed E-state index contributed by atoms with van der Waals surface area (Å²) >= 11 is 0. The molecule has 1 aromatic rings. The first-order valence-electron chi connectivity index (χ1n) is 9.27.